The van der Waals surface area contributed by atoms with Crippen molar-refractivity contribution in [1.82, 2.24) is 4.90 Å². The summed E-state index contributed by atoms with van der Waals surface area (Å²) in [6, 6.07) is 17.5. The van der Waals surface area contributed by atoms with Gasteiger partial charge in [-0.1, -0.05) is 60.7 Å². The molecule has 24 heavy (non-hydrogen) atoms. The maximum Gasteiger partial charge on any atom is 0.418 e. The van der Waals surface area contributed by atoms with Crippen molar-refractivity contribution in [1.29, 1.82) is 0 Å². The normalized spacial score (nSPS) is 16.0. The Bertz CT molecular complexity index is 585. The second-order valence-corrected chi connectivity index (χ2v) is 6.20. The Morgan fingerprint density at radius 2 is 1.25 bits per heavy atom. The maximum absolute atomic E-state index is 13.2. The third kappa shape index (κ3) is 4.36. The van der Waals surface area contributed by atoms with Gasteiger partial charge in [-0.25, -0.2) is 0 Å². The molecule has 0 aliphatic heterocycles. The van der Waals surface area contributed by atoms with E-state index in [1.165, 1.54) is 6.92 Å². The maximum atomic E-state index is 13.2. The summed E-state index contributed by atoms with van der Waals surface area (Å²) in [5, 5.41) is 10.1. The Balaban J connectivity index is 2.28. The van der Waals surface area contributed by atoms with Crippen molar-refractivity contribution >= 4 is 0 Å². The number of hydrogen-bond acceptors (Lipinski definition) is 2. The van der Waals surface area contributed by atoms with Crippen molar-refractivity contribution in [3.63, 3.8) is 0 Å². The molecule has 0 fully saturated rings. The van der Waals surface area contributed by atoms with Gasteiger partial charge in [0.2, 0.25) is 0 Å². The average molecular weight is 337 g/mol. The van der Waals surface area contributed by atoms with Crippen LogP contribution in [0.5, 0.6) is 0 Å². The fourth-order valence-electron chi connectivity index (χ4n) is 2.56. The molecule has 0 spiro atoms. The van der Waals surface area contributed by atoms with Crippen molar-refractivity contribution in [3.05, 3.63) is 71.8 Å². The Hall–Kier alpha value is -1.85. The molecule has 5 heteroatoms. The van der Waals surface area contributed by atoms with Gasteiger partial charge in [-0.2, -0.15) is 13.2 Å². The highest BCUT2D eigenvalue weighted by Crippen LogP contribution is 2.35. The third-order valence-electron chi connectivity index (χ3n) is 4.39. The van der Waals surface area contributed by atoms with E-state index in [-0.39, 0.29) is 0 Å². The van der Waals surface area contributed by atoms with E-state index < -0.39 is 17.8 Å². The smallest absolute Gasteiger partial charge is 0.379 e. The summed E-state index contributed by atoms with van der Waals surface area (Å²) in [6.07, 6.45) is -4.70. The van der Waals surface area contributed by atoms with E-state index in [0.717, 1.165) is 18.1 Å². The van der Waals surface area contributed by atoms with Gasteiger partial charge >= 0.3 is 6.18 Å². The van der Waals surface area contributed by atoms with E-state index in [9.17, 15) is 18.3 Å². The van der Waals surface area contributed by atoms with Gasteiger partial charge in [0.05, 0.1) is 0 Å². The molecule has 0 unspecified atom stereocenters. The van der Waals surface area contributed by atoms with Crippen LogP contribution in [-0.4, -0.2) is 27.8 Å². The van der Waals surface area contributed by atoms with Crippen LogP contribution in [0.4, 0.5) is 13.2 Å². The van der Waals surface area contributed by atoms with Crippen LogP contribution in [0.2, 0.25) is 0 Å². The Labute approximate surface area is 140 Å². The largest absolute Gasteiger partial charge is 0.418 e. The highest BCUT2D eigenvalue weighted by molar-refractivity contribution is 5.18. The van der Waals surface area contributed by atoms with Crippen molar-refractivity contribution in [3.8, 4) is 0 Å². The van der Waals surface area contributed by atoms with Crippen molar-refractivity contribution in [2.75, 3.05) is 0 Å². The molecule has 0 bridgehead atoms. The van der Waals surface area contributed by atoms with E-state index in [2.05, 4.69) is 0 Å². The minimum absolute atomic E-state index is 0.323. The molecule has 2 nitrogen and oxygen atoms in total. The molecule has 0 saturated heterocycles. The molecular formula is C19H22F3NO. The number of alkyl halides is 3. The molecule has 0 saturated carbocycles. The number of rotatable bonds is 6. The minimum atomic E-state index is -4.70. The van der Waals surface area contributed by atoms with Gasteiger partial charge in [0, 0.05) is 19.1 Å². The van der Waals surface area contributed by atoms with Crippen LogP contribution >= 0.6 is 0 Å². The lowest BCUT2D eigenvalue weighted by Crippen LogP contribution is -2.57. The second kappa shape index (κ2) is 7.36. The SMILES string of the molecule is C[C@H](N(Cc1ccccc1)Cc1ccccc1)[C@@](C)(O)C(F)(F)F. The van der Waals surface area contributed by atoms with Gasteiger partial charge in [0.25, 0.3) is 0 Å². The van der Waals surface area contributed by atoms with Crippen molar-refractivity contribution < 1.29 is 18.3 Å². The van der Waals surface area contributed by atoms with Gasteiger partial charge in [0.15, 0.2) is 5.60 Å². The molecule has 2 aromatic rings. The molecule has 2 aromatic carbocycles. The van der Waals surface area contributed by atoms with E-state index in [4.69, 9.17) is 0 Å². The monoisotopic (exact) mass is 337 g/mol. The van der Waals surface area contributed by atoms with Crippen LogP contribution in [-0.2, 0) is 13.1 Å². The van der Waals surface area contributed by atoms with E-state index in [1.807, 2.05) is 60.7 Å². The predicted molar refractivity (Wildman–Crippen MR) is 88.3 cm³/mol. The first-order valence-electron chi connectivity index (χ1n) is 7.83. The van der Waals surface area contributed by atoms with Crippen LogP contribution in [0.25, 0.3) is 0 Å². The van der Waals surface area contributed by atoms with E-state index in [1.54, 1.807) is 4.90 Å². The topological polar surface area (TPSA) is 23.5 Å². The molecule has 1 N–H and O–H groups in total. The summed E-state index contributed by atoms with van der Waals surface area (Å²) in [6.45, 7) is 2.90. The molecule has 130 valence electrons. The van der Waals surface area contributed by atoms with E-state index >= 15 is 0 Å². The average Bonchev–Trinajstić information content (AvgIpc) is 2.54. The van der Waals surface area contributed by atoms with Crippen LogP contribution in [0.3, 0.4) is 0 Å². The Kier molecular flexibility index (Phi) is 5.67. The third-order valence-corrected chi connectivity index (χ3v) is 4.39. The fourth-order valence-corrected chi connectivity index (χ4v) is 2.56. The summed E-state index contributed by atoms with van der Waals surface area (Å²) in [4.78, 5) is 1.65. The first kappa shape index (κ1) is 18.5. The molecule has 0 aliphatic rings. The summed E-state index contributed by atoms with van der Waals surface area (Å²) in [5.74, 6) is 0. The summed E-state index contributed by atoms with van der Waals surface area (Å²) in [7, 11) is 0. The highest BCUT2D eigenvalue weighted by atomic mass is 19.4. The first-order chi connectivity index (χ1) is 11.2. The van der Waals surface area contributed by atoms with Crippen LogP contribution < -0.4 is 0 Å². The number of hydrogen-bond donors (Lipinski definition) is 1. The van der Waals surface area contributed by atoms with Crippen LogP contribution in [0.15, 0.2) is 60.7 Å². The molecule has 0 heterocycles. The zero-order chi connectivity index (χ0) is 17.8. The summed E-state index contributed by atoms with van der Waals surface area (Å²) >= 11 is 0. The molecular weight excluding hydrogens is 315 g/mol. The summed E-state index contributed by atoms with van der Waals surface area (Å²) in [5.41, 5.74) is -0.993. The zero-order valence-electron chi connectivity index (χ0n) is 13.8. The molecule has 2 atom stereocenters. The number of nitrogens with zero attached hydrogens (tertiary/aromatic N) is 1. The summed E-state index contributed by atoms with van der Waals surface area (Å²) < 4.78 is 39.7. The lowest BCUT2D eigenvalue weighted by Gasteiger charge is -2.40. The van der Waals surface area contributed by atoms with E-state index in [0.29, 0.717) is 13.1 Å². The lowest BCUT2D eigenvalue weighted by molar-refractivity contribution is -0.272. The quantitative estimate of drug-likeness (QED) is 0.845. The van der Waals surface area contributed by atoms with Crippen LogP contribution in [0.1, 0.15) is 25.0 Å². The van der Waals surface area contributed by atoms with Gasteiger partial charge < -0.3 is 5.11 Å². The highest BCUT2D eigenvalue weighted by Gasteiger charge is 2.54. The lowest BCUT2D eigenvalue weighted by atomic mass is 9.94. The van der Waals surface area contributed by atoms with Gasteiger partial charge in [-0.3, -0.25) is 4.90 Å². The van der Waals surface area contributed by atoms with Crippen molar-refractivity contribution in [2.24, 2.45) is 0 Å². The van der Waals surface area contributed by atoms with Crippen molar-refractivity contribution in [2.45, 2.75) is 44.8 Å². The molecule has 0 radical (unpaired) electrons. The van der Waals surface area contributed by atoms with Gasteiger partial charge in [-0.15, -0.1) is 0 Å². The minimum Gasteiger partial charge on any atom is -0.379 e. The predicted octanol–water partition coefficient (Wildman–Crippen LogP) is 4.39. The standard InChI is InChI=1S/C19H22F3NO/c1-15(18(2,24)19(20,21)22)23(13-16-9-5-3-6-10-16)14-17-11-7-4-8-12-17/h3-12,15,24H,13-14H2,1-2H3/t15-,18+/m0/s1. The number of benzene rings is 2. The molecule has 0 aliphatic carbocycles. The first-order valence-corrected chi connectivity index (χ1v) is 7.83. The number of aliphatic hydroxyl groups is 1. The zero-order valence-corrected chi connectivity index (χ0v) is 13.8. The molecule has 0 aromatic heterocycles. The van der Waals surface area contributed by atoms with Gasteiger partial charge in [-0.05, 0) is 25.0 Å². The fraction of sp³-hybridized carbons (Fsp3) is 0.368. The number of halogens is 3. The van der Waals surface area contributed by atoms with Gasteiger partial charge in [0.1, 0.15) is 0 Å². The molecule has 2 rings (SSSR count). The molecule has 0 amide bonds. The Morgan fingerprint density at radius 3 is 1.58 bits per heavy atom. The van der Waals surface area contributed by atoms with Crippen LogP contribution in [0, 0.1) is 0 Å². The Morgan fingerprint density at radius 1 is 0.875 bits per heavy atom. The second-order valence-electron chi connectivity index (χ2n) is 6.20.